The molecule has 0 saturated carbocycles. The van der Waals surface area contributed by atoms with Gasteiger partial charge < -0.3 is 4.74 Å². The average molecular weight is 333 g/mol. The van der Waals surface area contributed by atoms with Crippen molar-refractivity contribution in [1.82, 2.24) is 0 Å². The third-order valence-electron chi connectivity index (χ3n) is 3.91. The largest absolute Gasteiger partial charge is 0.464 e. The number of hydrogen-bond acceptors (Lipinski definition) is 4. The molecule has 2 nitrogen and oxygen atoms in total. The summed E-state index contributed by atoms with van der Waals surface area (Å²) in [6, 6.07) is 0. The van der Waals surface area contributed by atoms with Crippen LogP contribution in [0, 0.1) is 0 Å². The maximum absolute atomic E-state index is 12.3. The maximum atomic E-state index is 12.3. The topological polar surface area (TPSA) is 26.3 Å². The van der Waals surface area contributed by atoms with Crippen molar-refractivity contribution < 1.29 is 9.53 Å². The number of esters is 1. The van der Waals surface area contributed by atoms with E-state index in [1.165, 1.54) is 51.4 Å². The molecule has 0 bridgehead atoms. The van der Waals surface area contributed by atoms with Crippen molar-refractivity contribution in [3.8, 4) is 0 Å². The van der Waals surface area contributed by atoms with Crippen LogP contribution in [0.1, 0.15) is 78.1 Å². The molecule has 0 radical (unpaired) electrons. The standard InChI is InChI=1S/C17H32O2S2/c1-3-5-6-7-8-9-10-11-13-17(16(18)19-4-2)20-14-12-15-21-17/h3-15H2,1-2H3. The average Bonchev–Trinajstić information content (AvgIpc) is 2.51. The molecule has 1 saturated heterocycles. The molecule has 0 N–H and O–H groups in total. The second-order valence-corrected chi connectivity index (χ2v) is 8.79. The third kappa shape index (κ3) is 7.32. The molecule has 0 aromatic rings. The minimum Gasteiger partial charge on any atom is -0.464 e. The first-order chi connectivity index (χ1) is 10.2. The van der Waals surface area contributed by atoms with Crippen LogP contribution in [0.5, 0.6) is 0 Å². The number of thioether (sulfide) groups is 2. The van der Waals surface area contributed by atoms with Crippen molar-refractivity contribution in [2.24, 2.45) is 0 Å². The minimum absolute atomic E-state index is 0.0163. The molecule has 1 rings (SSSR count). The SMILES string of the molecule is CCCCCCCCCCC1(C(=O)OCC)SCCCS1. The van der Waals surface area contributed by atoms with Gasteiger partial charge in [-0.25, -0.2) is 4.79 Å². The zero-order valence-electron chi connectivity index (χ0n) is 13.8. The molecule has 0 aromatic carbocycles. The van der Waals surface area contributed by atoms with Gasteiger partial charge in [-0.2, -0.15) is 0 Å². The molecule has 1 heterocycles. The van der Waals surface area contributed by atoms with E-state index in [0.29, 0.717) is 6.61 Å². The predicted molar refractivity (Wildman–Crippen MR) is 96.1 cm³/mol. The lowest BCUT2D eigenvalue weighted by Crippen LogP contribution is -2.36. The van der Waals surface area contributed by atoms with Gasteiger partial charge in [0.25, 0.3) is 0 Å². The highest BCUT2D eigenvalue weighted by Crippen LogP contribution is 2.46. The van der Waals surface area contributed by atoms with Gasteiger partial charge in [0.2, 0.25) is 0 Å². The van der Waals surface area contributed by atoms with E-state index in [9.17, 15) is 4.79 Å². The first kappa shape index (κ1) is 19.2. The third-order valence-corrected chi connectivity index (χ3v) is 7.27. The van der Waals surface area contributed by atoms with Crippen LogP contribution >= 0.6 is 23.5 Å². The van der Waals surface area contributed by atoms with Gasteiger partial charge in [-0.3, -0.25) is 0 Å². The molecule has 124 valence electrons. The zero-order valence-corrected chi connectivity index (χ0v) is 15.5. The van der Waals surface area contributed by atoms with E-state index < -0.39 is 0 Å². The van der Waals surface area contributed by atoms with Crippen molar-refractivity contribution in [2.75, 3.05) is 18.1 Å². The fourth-order valence-corrected chi connectivity index (χ4v) is 5.86. The smallest absolute Gasteiger partial charge is 0.332 e. The lowest BCUT2D eigenvalue weighted by molar-refractivity contribution is -0.143. The normalized spacial score (nSPS) is 17.6. The Hall–Kier alpha value is 0.170. The molecule has 0 amide bonds. The summed E-state index contributed by atoms with van der Waals surface area (Å²) < 4.78 is 5.03. The Balaban J connectivity index is 2.22. The van der Waals surface area contributed by atoms with Crippen LogP contribution < -0.4 is 0 Å². The summed E-state index contributed by atoms with van der Waals surface area (Å²) in [6.07, 6.45) is 12.7. The fraction of sp³-hybridized carbons (Fsp3) is 0.941. The number of hydrogen-bond donors (Lipinski definition) is 0. The fourth-order valence-electron chi connectivity index (χ4n) is 2.67. The Bertz CT molecular complexity index is 276. The van der Waals surface area contributed by atoms with Crippen LogP contribution in [-0.4, -0.2) is 28.2 Å². The summed E-state index contributed by atoms with van der Waals surface area (Å²) in [5.41, 5.74) is 0. The van der Waals surface area contributed by atoms with Crippen LogP contribution in [0.2, 0.25) is 0 Å². The first-order valence-corrected chi connectivity index (χ1v) is 10.7. The minimum atomic E-state index is -0.295. The van der Waals surface area contributed by atoms with Crippen molar-refractivity contribution in [1.29, 1.82) is 0 Å². The monoisotopic (exact) mass is 332 g/mol. The highest BCUT2D eigenvalue weighted by Gasteiger charge is 2.42. The van der Waals surface area contributed by atoms with E-state index in [1.54, 1.807) is 0 Å². The number of unbranched alkanes of at least 4 members (excludes halogenated alkanes) is 7. The summed E-state index contributed by atoms with van der Waals surface area (Å²) in [6.45, 7) is 4.66. The summed E-state index contributed by atoms with van der Waals surface area (Å²) in [7, 11) is 0. The summed E-state index contributed by atoms with van der Waals surface area (Å²) in [5.74, 6) is 2.22. The van der Waals surface area contributed by atoms with Gasteiger partial charge in [-0.05, 0) is 31.3 Å². The second kappa shape index (κ2) is 11.7. The molecule has 0 aliphatic carbocycles. The van der Waals surface area contributed by atoms with Gasteiger partial charge in [-0.1, -0.05) is 58.3 Å². The van der Waals surface area contributed by atoms with E-state index in [0.717, 1.165) is 24.3 Å². The quantitative estimate of drug-likeness (QED) is 0.361. The van der Waals surface area contributed by atoms with Crippen LogP contribution in [0.3, 0.4) is 0 Å². The van der Waals surface area contributed by atoms with Crippen LogP contribution in [0.15, 0.2) is 0 Å². The van der Waals surface area contributed by atoms with Gasteiger partial charge >= 0.3 is 5.97 Å². The van der Waals surface area contributed by atoms with Crippen LogP contribution in [0.25, 0.3) is 0 Å². The molecule has 0 atom stereocenters. The molecule has 21 heavy (non-hydrogen) atoms. The van der Waals surface area contributed by atoms with Gasteiger partial charge in [-0.15, -0.1) is 23.5 Å². The molecule has 0 unspecified atom stereocenters. The number of rotatable bonds is 11. The molecular formula is C17H32O2S2. The highest BCUT2D eigenvalue weighted by atomic mass is 32.2. The molecule has 1 aliphatic rings. The van der Waals surface area contributed by atoms with Crippen LogP contribution in [0.4, 0.5) is 0 Å². The summed E-state index contributed by atoms with van der Waals surface area (Å²) in [4.78, 5) is 12.3. The number of carbonyl (C=O) groups excluding carboxylic acids is 1. The van der Waals surface area contributed by atoms with Crippen molar-refractivity contribution in [3.63, 3.8) is 0 Å². The highest BCUT2D eigenvalue weighted by molar-refractivity contribution is 8.19. The lowest BCUT2D eigenvalue weighted by Gasteiger charge is -2.33. The van der Waals surface area contributed by atoms with Gasteiger partial charge in [0, 0.05) is 0 Å². The Kier molecular flexibility index (Phi) is 10.7. The Morgan fingerprint density at radius 3 is 2.10 bits per heavy atom. The van der Waals surface area contributed by atoms with E-state index in [2.05, 4.69) is 6.92 Å². The van der Waals surface area contributed by atoms with Gasteiger partial charge in [0.1, 0.15) is 0 Å². The number of carbonyl (C=O) groups is 1. The van der Waals surface area contributed by atoms with Crippen molar-refractivity contribution in [3.05, 3.63) is 0 Å². The molecular weight excluding hydrogens is 300 g/mol. The Labute approximate surface area is 139 Å². The first-order valence-electron chi connectivity index (χ1n) is 8.70. The second-order valence-electron chi connectivity index (χ2n) is 5.75. The zero-order chi connectivity index (χ0) is 15.4. The molecule has 0 spiro atoms. The van der Waals surface area contributed by atoms with Gasteiger partial charge in [0.15, 0.2) is 4.08 Å². The number of ether oxygens (including phenoxy) is 1. The molecule has 1 fully saturated rings. The predicted octanol–water partition coefficient (Wildman–Crippen LogP) is 5.65. The summed E-state index contributed by atoms with van der Waals surface area (Å²) in [5, 5.41) is 0. The maximum Gasteiger partial charge on any atom is 0.332 e. The summed E-state index contributed by atoms with van der Waals surface area (Å²) >= 11 is 3.64. The Morgan fingerprint density at radius 1 is 0.952 bits per heavy atom. The molecule has 0 aromatic heterocycles. The van der Waals surface area contributed by atoms with E-state index in [4.69, 9.17) is 4.74 Å². The lowest BCUT2D eigenvalue weighted by atomic mass is 10.1. The molecule has 4 heteroatoms. The van der Waals surface area contributed by atoms with Crippen molar-refractivity contribution >= 4 is 29.5 Å². The van der Waals surface area contributed by atoms with E-state index >= 15 is 0 Å². The van der Waals surface area contributed by atoms with Crippen molar-refractivity contribution in [2.45, 2.75) is 82.1 Å². The van der Waals surface area contributed by atoms with Crippen LogP contribution in [-0.2, 0) is 9.53 Å². The Morgan fingerprint density at radius 2 is 1.52 bits per heavy atom. The molecule has 1 aliphatic heterocycles. The van der Waals surface area contributed by atoms with E-state index in [-0.39, 0.29) is 10.0 Å². The van der Waals surface area contributed by atoms with Gasteiger partial charge in [0.05, 0.1) is 6.61 Å². The van der Waals surface area contributed by atoms with E-state index in [1.807, 2.05) is 30.4 Å².